The Labute approximate surface area is 149 Å². The topological polar surface area (TPSA) is 79.9 Å². The first-order chi connectivity index (χ1) is 12.1. The normalized spacial score (nSPS) is 17.5. The molecule has 0 atom stereocenters. The van der Waals surface area contributed by atoms with Crippen LogP contribution in [0.3, 0.4) is 0 Å². The molecule has 4 rings (SSSR count). The molecule has 0 amide bonds. The van der Waals surface area contributed by atoms with Crippen LogP contribution in [0.5, 0.6) is 0 Å². The van der Waals surface area contributed by atoms with Crippen molar-refractivity contribution in [2.24, 2.45) is 9.98 Å². The van der Waals surface area contributed by atoms with E-state index in [9.17, 15) is 10.1 Å². The maximum absolute atomic E-state index is 11.8. The first-order valence-corrected chi connectivity index (χ1v) is 8.75. The van der Waals surface area contributed by atoms with Crippen molar-refractivity contribution in [1.29, 1.82) is 0 Å². The number of anilines is 2. The lowest BCUT2D eigenvalue weighted by Gasteiger charge is -2.27. The third-order valence-corrected chi connectivity index (χ3v) is 5.09. The first kappa shape index (κ1) is 16.0. The molecular formula is C18H17ClN4O2. The van der Waals surface area contributed by atoms with Gasteiger partial charge >= 0.3 is 5.69 Å². The minimum Gasteiger partial charge on any atom is -0.349 e. The van der Waals surface area contributed by atoms with Crippen LogP contribution < -0.4 is 16.0 Å². The molecule has 7 heteroatoms. The highest BCUT2D eigenvalue weighted by atomic mass is 35.5. The second kappa shape index (κ2) is 6.11. The molecule has 1 N–H and O–H groups in total. The Kier molecular flexibility index (Phi) is 3.92. The molecule has 2 aromatic carbocycles. The lowest BCUT2D eigenvalue weighted by molar-refractivity contribution is -0.385. The van der Waals surface area contributed by atoms with Crippen molar-refractivity contribution in [3.63, 3.8) is 0 Å². The molecule has 0 bridgehead atoms. The second-order valence-corrected chi connectivity index (χ2v) is 6.87. The highest BCUT2D eigenvalue weighted by Crippen LogP contribution is 2.35. The van der Waals surface area contributed by atoms with Crippen LogP contribution in [0.1, 0.15) is 32.1 Å². The van der Waals surface area contributed by atoms with Crippen LogP contribution in [0.25, 0.3) is 0 Å². The number of hydrogen-bond donors (Lipinski definition) is 1. The van der Waals surface area contributed by atoms with Gasteiger partial charge in [0.1, 0.15) is 5.69 Å². The Bertz CT molecular complexity index is 968. The van der Waals surface area contributed by atoms with E-state index >= 15 is 0 Å². The van der Waals surface area contributed by atoms with Crippen molar-refractivity contribution < 1.29 is 4.92 Å². The molecule has 0 radical (unpaired) electrons. The quantitative estimate of drug-likeness (QED) is 0.668. The van der Waals surface area contributed by atoms with Crippen molar-refractivity contribution in [2.45, 2.75) is 37.8 Å². The molecule has 0 aromatic heterocycles. The Balaban J connectivity index is 1.84. The van der Waals surface area contributed by atoms with Crippen LogP contribution in [-0.2, 0) is 0 Å². The number of nitro benzene ring substituents is 1. The number of hydrogen-bond acceptors (Lipinski definition) is 5. The monoisotopic (exact) mass is 356 g/mol. The summed E-state index contributed by atoms with van der Waals surface area (Å²) in [5.74, 6) is 0. The van der Waals surface area contributed by atoms with Gasteiger partial charge in [-0.1, -0.05) is 30.2 Å². The number of para-hydroxylation sites is 1. The molecule has 1 aliphatic heterocycles. The van der Waals surface area contributed by atoms with Crippen LogP contribution >= 0.6 is 11.6 Å². The first-order valence-electron chi connectivity index (χ1n) is 8.37. The third kappa shape index (κ3) is 2.87. The van der Waals surface area contributed by atoms with Gasteiger partial charge in [0.05, 0.1) is 21.0 Å². The Morgan fingerprint density at radius 2 is 1.80 bits per heavy atom. The summed E-state index contributed by atoms with van der Waals surface area (Å²) >= 11 is 6.17. The van der Waals surface area contributed by atoms with Gasteiger partial charge in [-0.05, 0) is 49.9 Å². The number of benzene rings is 2. The average molecular weight is 357 g/mol. The van der Waals surface area contributed by atoms with Gasteiger partial charge in [0.25, 0.3) is 0 Å². The molecule has 2 aromatic rings. The number of nitro groups is 1. The zero-order chi connectivity index (χ0) is 17.4. The van der Waals surface area contributed by atoms with Crippen molar-refractivity contribution in [2.75, 3.05) is 5.32 Å². The van der Waals surface area contributed by atoms with Gasteiger partial charge in [-0.3, -0.25) is 15.1 Å². The van der Waals surface area contributed by atoms with Gasteiger partial charge < -0.3 is 5.32 Å². The van der Waals surface area contributed by atoms with E-state index in [1.54, 1.807) is 24.3 Å². The van der Waals surface area contributed by atoms with Gasteiger partial charge in [-0.25, -0.2) is 4.99 Å². The van der Waals surface area contributed by atoms with E-state index in [-0.39, 0.29) is 5.69 Å². The summed E-state index contributed by atoms with van der Waals surface area (Å²) in [5, 5.41) is 16.3. The fourth-order valence-corrected chi connectivity index (χ4v) is 3.74. The van der Waals surface area contributed by atoms with E-state index in [2.05, 4.69) is 5.32 Å². The van der Waals surface area contributed by atoms with E-state index < -0.39 is 10.6 Å². The highest BCUT2D eigenvalue weighted by molar-refractivity contribution is 6.33. The second-order valence-electron chi connectivity index (χ2n) is 6.46. The van der Waals surface area contributed by atoms with E-state index in [1.807, 2.05) is 12.1 Å². The largest absolute Gasteiger partial charge is 0.349 e. The van der Waals surface area contributed by atoms with Gasteiger partial charge in [0.2, 0.25) is 0 Å². The maximum atomic E-state index is 11.8. The lowest BCUT2D eigenvalue weighted by atomic mass is 9.90. The van der Waals surface area contributed by atoms with Crippen LogP contribution in [0.4, 0.5) is 17.1 Å². The Morgan fingerprint density at radius 3 is 2.52 bits per heavy atom. The van der Waals surface area contributed by atoms with Crippen molar-refractivity contribution >= 4 is 28.7 Å². The molecule has 6 nitrogen and oxygen atoms in total. The summed E-state index contributed by atoms with van der Waals surface area (Å²) in [6, 6.07) is 10.6. The van der Waals surface area contributed by atoms with Crippen molar-refractivity contribution in [1.82, 2.24) is 0 Å². The predicted octanol–water partition coefficient (Wildman–Crippen LogP) is 3.91. The number of fused-ring (bicyclic) bond motifs is 1. The van der Waals surface area contributed by atoms with Crippen LogP contribution in [0.2, 0.25) is 5.02 Å². The van der Waals surface area contributed by atoms with Crippen LogP contribution in [-0.4, -0.2) is 10.6 Å². The van der Waals surface area contributed by atoms with Crippen molar-refractivity contribution in [3.05, 3.63) is 62.2 Å². The summed E-state index contributed by atoms with van der Waals surface area (Å²) < 4.78 is 0. The number of nitrogens with one attached hydrogen (secondary N) is 1. The fourth-order valence-electron chi connectivity index (χ4n) is 3.56. The number of nitrogens with zero attached hydrogens (tertiary/aromatic N) is 3. The molecular weight excluding hydrogens is 340 g/mol. The number of rotatable bonds is 3. The van der Waals surface area contributed by atoms with Crippen LogP contribution in [0, 0.1) is 10.1 Å². The highest BCUT2D eigenvalue weighted by Gasteiger charge is 2.35. The SMILES string of the molecule is O=[N+]([O-])c1c(Nc2ccccc2Cl)ccc2c1=NC1(CCCCC1)N=2. The third-order valence-electron chi connectivity index (χ3n) is 4.76. The molecule has 128 valence electrons. The van der Waals surface area contributed by atoms with Gasteiger partial charge in [0.15, 0.2) is 11.0 Å². The summed E-state index contributed by atoms with van der Waals surface area (Å²) in [7, 11) is 0. The molecule has 0 unspecified atom stereocenters. The molecule has 25 heavy (non-hydrogen) atoms. The Morgan fingerprint density at radius 1 is 1.04 bits per heavy atom. The summed E-state index contributed by atoms with van der Waals surface area (Å²) in [6.45, 7) is 0. The molecule has 1 fully saturated rings. The molecule has 1 aliphatic carbocycles. The minimum atomic E-state index is -0.506. The summed E-state index contributed by atoms with van der Waals surface area (Å²) in [5.41, 5.74) is 0.454. The van der Waals surface area contributed by atoms with Gasteiger partial charge in [-0.15, -0.1) is 0 Å². The standard InChI is InChI=1S/C18H17ClN4O2/c19-12-6-2-3-7-13(12)20-15-9-8-14-16(17(15)23(24)25)22-18(21-14)10-4-1-5-11-18/h2-3,6-9,20H,1,4-5,10-11H2. The predicted molar refractivity (Wildman–Crippen MR) is 96.0 cm³/mol. The fraction of sp³-hybridized carbons (Fsp3) is 0.333. The molecule has 1 saturated carbocycles. The van der Waals surface area contributed by atoms with Crippen molar-refractivity contribution in [3.8, 4) is 0 Å². The smallest absolute Gasteiger partial charge is 0.319 e. The minimum absolute atomic E-state index is 0.0383. The Hall–Kier alpha value is -2.47. The van der Waals surface area contributed by atoms with Gasteiger partial charge in [-0.2, -0.15) is 0 Å². The number of halogens is 1. The van der Waals surface area contributed by atoms with Gasteiger partial charge in [0, 0.05) is 0 Å². The average Bonchev–Trinajstić information content (AvgIpc) is 2.94. The molecule has 1 spiro atoms. The zero-order valence-corrected chi connectivity index (χ0v) is 14.3. The van der Waals surface area contributed by atoms with E-state index in [0.717, 1.165) is 25.7 Å². The van der Waals surface area contributed by atoms with E-state index in [4.69, 9.17) is 21.6 Å². The molecule has 1 heterocycles. The van der Waals surface area contributed by atoms with Crippen LogP contribution in [0.15, 0.2) is 46.4 Å². The molecule has 2 aliphatic rings. The van der Waals surface area contributed by atoms with E-state index in [0.29, 0.717) is 27.1 Å². The lowest BCUT2D eigenvalue weighted by Crippen LogP contribution is -2.26. The summed E-state index contributed by atoms with van der Waals surface area (Å²) in [6.07, 6.45) is 4.99. The maximum Gasteiger partial charge on any atom is 0.319 e. The zero-order valence-electron chi connectivity index (χ0n) is 13.5. The van der Waals surface area contributed by atoms with E-state index in [1.165, 1.54) is 6.42 Å². The molecule has 0 saturated heterocycles. The summed E-state index contributed by atoms with van der Waals surface area (Å²) in [4.78, 5) is 20.8.